The Morgan fingerprint density at radius 1 is 0.884 bits per heavy atom. The molecule has 1 saturated heterocycles. The number of anilines is 1. The monoisotopic (exact) mass is 609 g/mol. The van der Waals surface area contributed by atoms with Crippen LogP contribution in [0.5, 0.6) is 17.2 Å². The Kier molecular flexibility index (Phi) is 9.82. The van der Waals surface area contributed by atoms with Crippen LogP contribution in [0.2, 0.25) is 5.02 Å². The molecule has 0 aromatic heterocycles. The number of fused-ring (bicyclic) bond motifs is 1. The molecule has 0 aliphatic carbocycles. The molecule has 0 bridgehead atoms. The largest absolute Gasteiger partial charge is 0.493 e. The van der Waals surface area contributed by atoms with E-state index in [1.807, 2.05) is 12.1 Å². The number of benzene rings is 3. The Labute approximate surface area is 253 Å². The summed E-state index contributed by atoms with van der Waals surface area (Å²) in [5.41, 5.74) is 6.34. The van der Waals surface area contributed by atoms with Gasteiger partial charge in [0.15, 0.2) is 11.5 Å². The number of methoxy groups -OCH3 is 1. The number of carbonyl (C=O) groups is 3. The van der Waals surface area contributed by atoms with Gasteiger partial charge in [0.2, 0.25) is 12.5 Å². The van der Waals surface area contributed by atoms with Crippen molar-refractivity contribution in [3.63, 3.8) is 0 Å². The number of amides is 3. The molecule has 2 aliphatic rings. The highest BCUT2D eigenvalue weighted by molar-refractivity contribution is 6.34. The number of carbonyl (C=O) groups excluding carboxylic acids is 3. The second kappa shape index (κ2) is 14.1. The van der Waals surface area contributed by atoms with Gasteiger partial charge in [-0.25, -0.2) is 10.2 Å². The molecule has 0 atom stereocenters. The van der Waals surface area contributed by atoms with Crippen molar-refractivity contribution in [2.24, 2.45) is 0 Å². The van der Waals surface area contributed by atoms with Crippen LogP contribution in [-0.4, -0.2) is 80.9 Å². The van der Waals surface area contributed by atoms with Crippen molar-refractivity contribution in [1.29, 1.82) is 0 Å². The first-order valence-electron chi connectivity index (χ1n) is 13.7. The van der Waals surface area contributed by atoms with Gasteiger partial charge in [0.25, 0.3) is 11.8 Å². The molecule has 0 spiro atoms. The lowest BCUT2D eigenvalue weighted by Gasteiger charge is -2.34. The quantitative estimate of drug-likeness (QED) is 0.312. The van der Waals surface area contributed by atoms with Crippen molar-refractivity contribution in [3.8, 4) is 17.2 Å². The molecule has 2 aliphatic heterocycles. The second-order valence-corrected chi connectivity index (χ2v) is 10.3. The van der Waals surface area contributed by atoms with Crippen LogP contribution in [0.3, 0.4) is 0 Å². The van der Waals surface area contributed by atoms with E-state index in [2.05, 4.69) is 26.0 Å². The maximum atomic E-state index is 12.7. The molecule has 43 heavy (non-hydrogen) atoms. The lowest BCUT2D eigenvalue weighted by atomic mass is 10.1. The smallest absolute Gasteiger partial charge is 0.426 e. The van der Waals surface area contributed by atoms with Gasteiger partial charge < -0.3 is 24.3 Å². The van der Waals surface area contributed by atoms with Crippen LogP contribution in [0.4, 0.5) is 10.5 Å². The van der Waals surface area contributed by atoms with E-state index in [1.54, 1.807) is 49.6 Å². The average Bonchev–Trinajstić information content (AvgIpc) is 3.49. The SMILES string of the molecule is COc1cc(CN2CCN(CCOC(=O)NNC(=O)c3ccccc3NC(=O)c3ccccc3Cl)CC2)cc2c1OCO2. The fourth-order valence-electron chi connectivity index (χ4n) is 4.81. The summed E-state index contributed by atoms with van der Waals surface area (Å²) in [7, 11) is 1.61. The van der Waals surface area contributed by atoms with Gasteiger partial charge in [-0.3, -0.25) is 24.8 Å². The van der Waals surface area contributed by atoms with Gasteiger partial charge in [0.1, 0.15) is 6.61 Å². The van der Waals surface area contributed by atoms with Crippen LogP contribution >= 0.6 is 11.6 Å². The van der Waals surface area contributed by atoms with Crippen molar-refractivity contribution in [2.75, 3.05) is 58.6 Å². The Bertz CT molecular complexity index is 1480. The third kappa shape index (κ3) is 7.66. The zero-order valence-corrected chi connectivity index (χ0v) is 24.3. The molecular weight excluding hydrogens is 578 g/mol. The molecule has 3 aromatic rings. The van der Waals surface area contributed by atoms with Crippen LogP contribution in [-0.2, 0) is 11.3 Å². The minimum atomic E-state index is -0.790. The zero-order chi connectivity index (χ0) is 30.2. The number of nitrogens with zero attached hydrogens (tertiary/aromatic N) is 2. The number of halogens is 1. The van der Waals surface area contributed by atoms with Crippen molar-refractivity contribution in [1.82, 2.24) is 20.7 Å². The van der Waals surface area contributed by atoms with Gasteiger partial charge in [0, 0.05) is 39.3 Å². The minimum Gasteiger partial charge on any atom is -0.493 e. The molecule has 12 nitrogen and oxygen atoms in total. The summed E-state index contributed by atoms with van der Waals surface area (Å²) in [6.45, 7) is 5.01. The number of para-hydroxylation sites is 1. The van der Waals surface area contributed by atoms with Gasteiger partial charge in [0.05, 0.1) is 28.9 Å². The lowest BCUT2D eigenvalue weighted by molar-refractivity contribution is 0.0843. The third-order valence-corrected chi connectivity index (χ3v) is 7.38. The van der Waals surface area contributed by atoms with Crippen molar-refractivity contribution in [2.45, 2.75) is 6.54 Å². The summed E-state index contributed by atoms with van der Waals surface area (Å²) in [6, 6.07) is 17.0. The molecular formula is C30H32ClN5O7. The molecule has 2 heterocycles. The number of hydrogen-bond donors (Lipinski definition) is 3. The topological polar surface area (TPSA) is 131 Å². The van der Waals surface area contributed by atoms with E-state index in [0.29, 0.717) is 23.8 Å². The van der Waals surface area contributed by atoms with Crippen LogP contribution in [0.1, 0.15) is 26.3 Å². The van der Waals surface area contributed by atoms with Crippen LogP contribution in [0, 0.1) is 0 Å². The summed E-state index contributed by atoms with van der Waals surface area (Å²) in [4.78, 5) is 42.1. The number of hydrazine groups is 1. The normalized spacial score (nSPS) is 14.6. The van der Waals surface area contributed by atoms with Gasteiger partial charge in [-0.2, -0.15) is 0 Å². The number of ether oxygens (including phenoxy) is 4. The Morgan fingerprint density at radius 2 is 1.60 bits per heavy atom. The molecule has 3 amide bonds. The molecule has 3 aromatic carbocycles. The van der Waals surface area contributed by atoms with E-state index in [-0.39, 0.29) is 35.2 Å². The Balaban J connectivity index is 1.02. The third-order valence-electron chi connectivity index (χ3n) is 7.05. The van der Waals surface area contributed by atoms with Crippen LogP contribution < -0.4 is 30.4 Å². The fourth-order valence-corrected chi connectivity index (χ4v) is 5.03. The van der Waals surface area contributed by atoms with E-state index in [1.165, 1.54) is 6.07 Å². The molecule has 0 saturated carbocycles. The van der Waals surface area contributed by atoms with Crippen LogP contribution in [0.25, 0.3) is 0 Å². The first-order valence-corrected chi connectivity index (χ1v) is 14.1. The van der Waals surface area contributed by atoms with E-state index in [4.69, 9.17) is 30.5 Å². The number of piperazine rings is 1. The molecule has 0 unspecified atom stereocenters. The Hall–Kier alpha value is -4.52. The molecule has 0 radical (unpaired) electrons. The predicted molar refractivity (Wildman–Crippen MR) is 159 cm³/mol. The molecule has 1 fully saturated rings. The summed E-state index contributed by atoms with van der Waals surface area (Å²) in [6.07, 6.45) is -0.790. The maximum Gasteiger partial charge on any atom is 0.426 e. The molecule has 226 valence electrons. The fraction of sp³-hybridized carbons (Fsp3) is 0.300. The summed E-state index contributed by atoms with van der Waals surface area (Å²) >= 11 is 6.11. The van der Waals surface area contributed by atoms with Crippen molar-refractivity contribution >= 4 is 35.2 Å². The molecule has 3 N–H and O–H groups in total. The summed E-state index contributed by atoms with van der Waals surface area (Å²) in [5.74, 6) is 0.918. The number of nitrogens with one attached hydrogen (secondary N) is 3. The van der Waals surface area contributed by atoms with Gasteiger partial charge >= 0.3 is 6.09 Å². The molecule has 13 heteroatoms. The van der Waals surface area contributed by atoms with Gasteiger partial charge in [-0.1, -0.05) is 35.9 Å². The second-order valence-electron chi connectivity index (χ2n) is 9.84. The zero-order valence-electron chi connectivity index (χ0n) is 23.6. The Morgan fingerprint density at radius 3 is 2.37 bits per heavy atom. The average molecular weight is 610 g/mol. The maximum absolute atomic E-state index is 12.7. The first kappa shape index (κ1) is 30.0. The highest BCUT2D eigenvalue weighted by Crippen LogP contribution is 2.42. The highest BCUT2D eigenvalue weighted by Gasteiger charge is 2.23. The van der Waals surface area contributed by atoms with E-state index in [9.17, 15) is 14.4 Å². The first-order chi connectivity index (χ1) is 20.9. The predicted octanol–water partition coefficient (Wildman–Crippen LogP) is 3.52. The summed E-state index contributed by atoms with van der Waals surface area (Å²) < 4.78 is 21.7. The van der Waals surface area contributed by atoms with Gasteiger partial charge in [-0.05, 0) is 42.0 Å². The minimum absolute atomic E-state index is 0.153. The van der Waals surface area contributed by atoms with E-state index in [0.717, 1.165) is 38.3 Å². The molecule has 5 rings (SSSR count). The summed E-state index contributed by atoms with van der Waals surface area (Å²) in [5, 5.41) is 2.97. The van der Waals surface area contributed by atoms with Crippen molar-refractivity contribution in [3.05, 3.63) is 82.4 Å². The number of rotatable bonds is 9. The van der Waals surface area contributed by atoms with Crippen LogP contribution in [0.15, 0.2) is 60.7 Å². The van der Waals surface area contributed by atoms with E-state index >= 15 is 0 Å². The van der Waals surface area contributed by atoms with Gasteiger partial charge in [-0.15, -0.1) is 0 Å². The standard InChI is InChI=1S/C30H32ClN5O7/c1-40-25-16-20(17-26-27(25)43-19-42-26)18-36-12-10-35(11-13-36)14-15-41-30(39)34-33-29(38)22-7-3-5-9-24(22)32-28(37)21-6-2-4-8-23(21)31/h2-9,16-17H,10-15,18-19H2,1H3,(H,32,37)(H,33,38)(H,34,39). The van der Waals surface area contributed by atoms with E-state index < -0.39 is 17.9 Å². The van der Waals surface area contributed by atoms with Crippen molar-refractivity contribution < 1.29 is 33.3 Å². The number of hydrogen-bond acceptors (Lipinski definition) is 9. The lowest BCUT2D eigenvalue weighted by Crippen LogP contribution is -2.47. The highest BCUT2D eigenvalue weighted by atomic mass is 35.5.